The molecule has 3 amide bonds. The lowest BCUT2D eigenvalue weighted by Crippen LogP contribution is -2.39. The number of imidazole rings is 2. The highest BCUT2D eigenvalue weighted by Gasteiger charge is 2.27. The molecule has 0 saturated carbocycles. The van der Waals surface area contributed by atoms with Gasteiger partial charge in [-0.15, -0.1) is 0 Å². The van der Waals surface area contributed by atoms with Crippen molar-refractivity contribution in [3.8, 4) is 22.5 Å². The first-order valence-corrected chi connectivity index (χ1v) is 25.3. The first-order valence-electron chi connectivity index (χ1n) is 21.8. The van der Waals surface area contributed by atoms with E-state index >= 15 is 0 Å². The minimum atomic E-state index is -1.11. The van der Waals surface area contributed by atoms with E-state index in [1.807, 2.05) is 64.0 Å². The fraction of sp³-hybridized carbons (Fsp3) is 0.184. The average molecular weight is 1010 g/mol. The van der Waals surface area contributed by atoms with E-state index in [-0.39, 0.29) is 29.5 Å². The predicted octanol–water partition coefficient (Wildman–Crippen LogP) is 8.86. The van der Waals surface area contributed by atoms with Crippen molar-refractivity contribution in [2.24, 2.45) is 5.92 Å². The van der Waals surface area contributed by atoms with Gasteiger partial charge in [0.1, 0.15) is 17.1 Å². The highest BCUT2D eigenvalue weighted by molar-refractivity contribution is 7.22. The number of ether oxygens (including phenoxy) is 1. The van der Waals surface area contributed by atoms with Gasteiger partial charge in [0.25, 0.3) is 17.7 Å². The number of nitrogen functional groups attached to an aromatic ring is 2. The number of nitrogens with two attached hydrogens (primary N) is 2. The van der Waals surface area contributed by atoms with Gasteiger partial charge in [-0.25, -0.2) is 24.7 Å². The van der Waals surface area contributed by atoms with Crippen LogP contribution in [-0.2, 0) is 17.8 Å². The van der Waals surface area contributed by atoms with Gasteiger partial charge in [0.05, 0.1) is 44.2 Å². The zero-order chi connectivity index (χ0) is 49.1. The van der Waals surface area contributed by atoms with Gasteiger partial charge in [-0.1, -0.05) is 48.7 Å². The minimum Gasteiger partial charge on any atom is -0.476 e. The predicted molar refractivity (Wildman–Crippen MR) is 277 cm³/mol. The number of nitrogens with one attached hydrogen (secondary N) is 3. The second kappa shape index (κ2) is 20.6. The first kappa shape index (κ1) is 47.5. The topological polar surface area (TPSA) is 246 Å². The lowest BCUT2D eigenvalue weighted by atomic mass is 10.0. The van der Waals surface area contributed by atoms with Crippen molar-refractivity contribution < 1.29 is 29.0 Å². The van der Waals surface area contributed by atoms with Crippen LogP contribution in [0.4, 0.5) is 10.3 Å². The molecular weight excluding hydrogens is 967 g/mol. The number of anilines is 2. The van der Waals surface area contributed by atoms with Gasteiger partial charge >= 0.3 is 5.97 Å². The van der Waals surface area contributed by atoms with E-state index in [2.05, 4.69) is 44.7 Å². The van der Waals surface area contributed by atoms with E-state index < -0.39 is 5.97 Å². The summed E-state index contributed by atoms with van der Waals surface area (Å²) < 4.78 is 10.4. The SMILES string of the molecule is COC[C@H](CC(C)C)NC(=O)c1c(-c2ccsc2)nc2c(C(=O)NCc3ccc4nc(N)sc4c3)cccn12.Nc1nc2ccc(CNC(=O)c3cccn4c(C(=O)O)c(-c5ccsc5)nc34)cc2s1. The number of rotatable bonds is 15. The smallest absolute Gasteiger partial charge is 0.355 e. The lowest BCUT2D eigenvalue weighted by molar-refractivity contribution is 0.0689. The molecule has 70 heavy (non-hydrogen) atoms. The second-order valence-electron chi connectivity index (χ2n) is 16.5. The molecule has 0 unspecified atom stereocenters. The molecule has 8 N–H and O–H groups in total. The molecule has 356 valence electrons. The Kier molecular flexibility index (Phi) is 14.0. The number of methoxy groups -OCH3 is 1. The molecule has 0 aliphatic carbocycles. The number of aromatic carboxylic acids is 1. The summed E-state index contributed by atoms with van der Waals surface area (Å²) in [5.74, 6) is -1.61. The highest BCUT2D eigenvalue weighted by atomic mass is 32.1. The molecule has 0 saturated heterocycles. The van der Waals surface area contributed by atoms with Gasteiger partial charge < -0.3 is 37.3 Å². The van der Waals surface area contributed by atoms with Crippen LogP contribution in [0.5, 0.6) is 0 Å². The van der Waals surface area contributed by atoms with E-state index in [1.165, 1.54) is 49.7 Å². The molecule has 0 aliphatic heterocycles. The largest absolute Gasteiger partial charge is 0.476 e. The Bertz CT molecular complexity index is 3540. The molecule has 0 spiro atoms. The summed E-state index contributed by atoms with van der Waals surface area (Å²) in [6.45, 7) is 5.25. The Labute approximate surface area is 415 Å². The summed E-state index contributed by atoms with van der Waals surface area (Å²) in [6.07, 6.45) is 4.14. The molecular formula is C49H45N11O6S4. The summed E-state index contributed by atoms with van der Waals surface area (Å²) in [7, 11) is 1.63. The molecule has 0 fully saturated rings. The van der Waals surface area contributed by atoms with Crippen LogP contribution in [0.25, 0.3) is 54.2 Å². The van der Waals surface area contributed by atoms with Crippen LogP contribution < -0.4 is 27.4 Å². The van der Waals surface area contributed by atoms with Gasteiger partial charge in [0.2, 0.25) is 0 Å². The third-order valence-electron chi connectivity index (χ3n) is 11.1. The summed E-state index contributed by atoms with van der Waals surface area (Å²) in [5, 5.41) is 27.3. The van der Waals surface area contributed by atoms with Gasteiger partial charge in [-0.05, 0) is 94.9 Å². The summed E-state index contributed by atoms with van der Waals surface area (Å²) in [6, 6.07) is 21.8. The molecule has 21 heteroatoms. The van der Waals surface area contributed by atoms with Crippen molar-refractivity contribution in [3.05, 3.63) is 140 Å². The summed E-state index contributed by atoms with van der Waals surface area (Å²) in [5.41, 5.74) is 19.3. The molecule has 0 aliphatic rings. The lowest BCUT2D eigenvalue weighted by Gasteiger charge is -2.20. The number of thiazole rings is 2. The Morgan fingerprint density at radius 1 is 0.686 bits per heavy atom. The van der Waals surface area contributed by atoms with E-state index in [1.54, 1.807) is 54.2 Å². The molecule has 8 heterocycles. The zero-order valence-electron chi connectivity index (χ0n) is 37.8. The molecule has 8 aromatic heterocycles. The highest BCUT2D eigenvalue weighted by Crippen LogP contribution is 2.31. The number of fused-ring (bicyclic) bond motifs is 4. The van der Waals surface area contributed by atoms with Crippen molar-refractivity contribution in [2.75, 3.05) is 25.2 Å². The van der Waals surface area contributed by atoms with E-state index in [0.29, 0.717) is 80.9 Å². The molecule has 10 aromatic rings. The number of aromatic nitrogens is 6. The van der Waals surface area contributed by atoms with E-state index in [9.17, 15) is 24.3 Å². The van der Waals surface area contributed by atoms with Crippen LogP contribution in [0.1, 0.15) is 73.1 Å². The van der Waals surface area contributed by atoms with Crippen LogP contribution in [-0.4, -0.2) is 77.3 Å². The van der Waals surface area contributed by atoms with Crippen molar-refractivity contribution in [1.82, 2.24) is 44.7 Å². The Balaban J connectivity index is 0.000000178. The summed E-state index contributed by atoms with van der Waals surface area (Å²) >= 11 is 5.77. The third-order valence-corrected chi connectivity index (χ3v) is 14.2. The number of amides is 3. The van der Waals surface area contributed by atoms with Gasteiger partial charge in [0, 0.05) is 54.5 Å². The second-order valence-corrected chi connectivity index (χ2v) is 20.2. The number of carbonyl (C=O) groups is 4. The van der Waals surface area contributed by atoms with Crippen molar-refractivity contribution in [2.45, 2.75) is 39.4 Å². The molecule has 0 radical (unpaired) electrons. The molecule has 2 aromatic carbocycles. The van der Waals surface area contributed by atoms with Gasteiger partial charge in [-0.2, -0.15) is 22.7 Å². The molecule has 0 bridgehead atoms. The van der Waals surface area contributed by atoms with Crippen LogP contribution in [0.15, 0.2) is 107 Å². The fourth-order valence-corrected chi connectivity index (χ4v) is 10.9. The van der Waals surface area contributed by atoms with E-state index in [4.69, 9.17) is 21.2 Å². The number of benzene rings is 2. The van der Waals surface area contributed by atoms with Crippen LogP contribution in [0.3, 0.4) is 0 Å². The van der Waals surface area contributed by atoms with E-state index in [0.717, 1.165) is 43.5 Å². The number of hydrogen-bond acceptors (Lipinski definition) is 15. The number of thiophene rings is 2. The quantitative estimate of drug-likeness (QED) is 0.0564. The van der Waals surface area contributed by atoms with Crippen LogP contribution in [0, 0.1) is 5.92 Å². The minimum absolute atomic E-state index is 0.0243. The third kappa shape index (κ3) is 10.1. The number of carboxylic acids is 1. The summed E-state index contributed by atoms with van der Waals surface area (Å²) in [4.78, 5) is 69.7. The molecule has 1 atom stereocenters. The zero-order valence-corrected chi connectivity index (χ0v) is 41.1. The van der Waals surface area contributed by atoms with Crippen molar-refractivity contribution >= 4 is 111 Å². The Hall–Kier alpha value is -7.56. The maximum Gasteiger partial charge on any atom is 0.355 e. The first-order chi connectivity index (χ1) is 33.8. The monoisotopic (exact) mass is 1010 g/mol. The van der Waals surface area contributed by atoms with Gasteiger partial charge in [-0.3, -0.25) is 23.2 Å². The average Bonchev–Trinajstić information content (AvgIpc) is 4.20. The van der Waals surface area contributed by atoms with Crippen LogP contribution >= 0.6 is 45.3 Å². The standard InChI is InChI=1S/C28H30N6O3S2.C21H15N5O3S2/c1-16(2)11-19(14-37-3)31-27(36)24-23(18-8-10-38-15-18)33-25-20(5-4-9-34(24)25)26(35)30-13-17-6-7-21-22(12-17)39-28(29)32-21;22-21-24-14-4-3-11(8-15(14)31-21)9-23-19(27)13-2-1-6-26-17(20(28)29)16(25-18(13)26)12-5-7-30-10-12/h4-10,12,15-16,19H,11,13-14H2,1-3H3,(H2,29,32)(H,30,35)(H,31,36);1-8,10H,9H2,(H2,22,24)(H,23,27)(H,28,29)/t19-;/m0./s1. The number of hydrogen-bond donors (Lipinski definition) is 6. The van der Waals surface area contributed by atoms with Gasteiger partial charge in [0.15, 0.2) is 27.3 Å². The fourth-order valence-electron chi connectivity index (χ4n) is 8.05. The molecule has 10 rings (SSSR count). The number of carbonyl (C=O) groups excluding carboxylic acids is 3. The van der Waals surface area contributed by atoms with Crippen molar-refractivity contribution in [3.63, 3.8) is 0 Å². The number of nitrogens with zero attached hydrogens (tertiary/aromatic N) is 6. The molecule has 17 nitrogen and oxygen atoms in total. The maximum atomic E-state index is 13.7. The van der Waals surface area contributed by atoms with Crippen molar-refractivity contribution in [1.29, 1.82) is 0 Å². The Morgan fingerprint density at radius 2 is 1.19 bits per heavy atom. The maximum absolute atomic E-state index is 13.7. The number of carboxylic acid groups (broad SMARTS) is 1. The number of pyridine rings is 2. The van der Waals surface area contributed by atoms with Crippen LogP contribution in [0.2, 0.25) is 0 Å². The normalized spacial score (nSPS) is 11.8. The Morgan fingerprint density at radius 3 is 1.64 bits per heavy atom.